The Balaban J connectivity index is 1.03. The summed E-state index contributed by atoms with van der Waals surface area (Å²) in [7, 11) is 0. The Bertz CT molecular complexity index is 3640. The first-order valence-electron chi connectivity index (χ1n) is 22.0. The van der Waals surface area contributed by atoms with Crippen LogP contribution in [-0.4, -0.2) is 4.57 Å². The van der Waals surface area contributed by atoms with Crippen LogP contribution in [0.25, 0.3) is 93.5 Å². The van der Waals surface area contributed by atoms with Crippen molar-refractivity contribution in [2.75, 3.05) is 4.90 Å². The first kappa shape index (κ1) is 37.3. The summed E-state index contributed by atoms with van der Waals surface area (Å²) in [6, 6.07) is 92.7. The van der Waals surface area contributed by atoms with Crippen LogP contribution in [0.1, 0.15) is 0 Å². The number of aromatic nitrogens is 1. The van der Waals surface area contributed by atoms with E-state index in [1.807, 2.05) is 0 Å². The lowest BCUT2D eigenvalue weighted by Gasteiger charge is -2.27. The molecule has 0 unspecified atom stereocenters. The van der Waals surface area contributed by atoms with Crippen molar-refractivity contribution >= 4 is 60.4 Å². The average molecular weight is 815 g/mol. The summed E-state index contributed by atoms with van der Waals surface area (Å²) in [6.07, 6.45) is 0. The summed E-state index contributed by atoms with van der Waals surface area (Å²) in [5.74, 6) is 0. The van der Waals surface area contributed by atoms with Gasteiger partial charge in [-0.2, -0.15) is 0 Å². The summed E-state index contributed by atoms with van der Waals surface area (Å²) in [4.78, 5) is 2.39. The maximum Gasteiger partial charge on any atom is 0.0625 e. The van der Waals surface area contributed by atoms with Gasteiger partial charge in [-0.3, -0.25) is 0 Å². The lowest BCUT2D eigenvalue weighted by Crippen LogP contribution is -2.10. The van der Waals surface area contributed by atoms with Crippen LogP contribution in [0.15, 0.2) is 255 Å². The Hall–Kier alpha value is -8.46. The maximum absolute atomic E-state index is 2.45. The van der Waals surface area contributed by atoms with Crippen molar-refractivity contribution in [3.63, 3.8) is 0 Å². The molecule has 1 aromatic heterocycles. The Labute approximate surface area is 373 Å². The number of anilines is 3. The molecule has 11 aromatic carbocycles. The summed E-state index contributed by atoms with van der Waals surface area (Å²) in [6.45, 7) is 0. The van der Waals surface area contributed by atoms with Gasteiger partial charge in [0.05, 0.1) is 11.0 Å². The fraction of sp³-hybridized carbons (Fsp3) is 0. The van der Waals surface area contributed by atoms with Gasteiger partial charge < -0.3 is 9.47 Å². The van der Waals surface area contributed by atoms with Gasteiger partial charge in [0.25, 0.3) is 0 Å². The van der Waals surface area contributed by atoms with Crippen LogP contribution < -0.4 is 4.90 Å². The van der Waals surface area contributed by atoms with Crippen LogP contribution in [0.5, 0.6) is 0 Å². The molecule has 0 saturated heterocycles. The third-order valence-electron chi connectivity index (χ3n) is 12.7. The summed E-state index contributed by atoms with van der Waals surface area (Å²) >= 11 is 0. The zero-order chi connectivity index (χ0) is 42.4. The number of rotatable bonds is 8. The molecule has 0 atom stereocenters. The number of fused-ring (bicyclic) bond motifs is 6. The quantitative estimate of drug-likeness (QED) is 0.148. The number of nitrogens with zero attached hydrogens (tertiary/aromatic N) is 2. The van der Waals surface area contributed by atoms with Gasteiger partial charge in [-0.25, -0.2) is 0 Å². The highest BCUT2D eigenvalue weighted by molar-refractivity contribution is 6.24. The van der Waals surface area contributed by atoms with E-state index >= 15 is 0 Å². The van der Waals surface area contributed by atoms with Gasteiger partial charge in [0.15, 0.2) is 0 Å². The highest BCUT2D eigenvalue weighted by Crippen LogP contribution is 2.45. The smallest absolute Gasteiger partial charge is 0.0625 e. The molecular weight excluding hydrogens is 773 g/mol. The molecule has 0 bridgehead atoms. The molecule has 0 fully saturated rings. The SMILES string of the molecule is c1ccc(-c2ccccc2-c2ccc(N(c3ccc(-c4ccc5ccccc5c4)cc3)c3cccc(-c4cc5ccccc5c5c4c4ccccc4n5-c4ccccc4)c3)cc2)cc1. The molecule has 0 N–H and O–H groups in total. The van der Waals surface area contributed by atoms with Crippen LogP contribution in [0, 0.1) is 0 Å². The van der Waals surface area contributed by atoms with Crippen molar-refractivity contribution in [3.8, 4) is 50.2 Å². The lowest BCUT2D eigenvalue weighted by atomic mass is 9.94. The van der Waals surface area contributed by atoms with E-state index in [1.54, 1.807) is 0 Å². The molecule has 0 saturated carbocycles. The maximum atomic E-state index is 2.45. The largest absolute Gasteiger partial charge is 0.310 e. The monoisotopic (exact) mass is 814 g/mol. The van der Waals surface area contributed by atoms with Gasteiger partial charge in [0, 0.05) is 38.9 Å². The van der Waals surface area contributed by atoms with E-state index in [4.69, 9.17) is 0 Å². The van der Waals surface area contributed by atoms with E-state index in [0.29, 0.717) is 0 Å². The van der Waals surface area contributed by atoms with Crippen LogP contribution in [0.4, 0.5) is 17.1 Å². The zero-order valence-electron chi connectivity index (χ0n) is 35.1. The molecule has 0 aliphatic carbocycles. The average Bonchev–Trinajstić information content (AvgIpc) is 3.73. The van der Waals surface area contributed by atoms with Crippen molar-refractivity contribution in [2.45, 2.75) is 0 Å². The molecule has 12 aromatic rings. The highest BCUT2D eigenvalue weighted by atomic mass is 15.1. The van der Waals surface area contributed by atoms with Gasteiger partial charge in [0.1, 0.15) is 0 Å². The predicted octanol–water partition coefficient (Wildman–Crippen LogP) is 17.2. The number of hydrogen-bond acceptors (Lipinski definition) is 1. The van der Waals surface area contributed by atoms with Gasteiger partial charge in [-0.15, -0.1) is 0 Å². The van der Waals surface area contributed by atoms with Crippen molar-refractivity contribution in [2.24, 2.45) is 0 Å². The molecule has 64 heavy (non-hydrogen) atoms. The van der Waals surface area contributed by atoms with Crippen molar-refractivity contribution in [1.29, 1.82) is 0 Å². The molecule has 0 aliphatic rings. The molecule has 1 heterocycles. The van der Waals surface area contributed by atoms with E-state index in [-0.39, 0.29) is 0 Å². The minimum atomic E-state index is 1.08. The van der Waals surface area contributed by atoms with E-state index in [1.165, 1.54) is 82.3 Å². The minimum absolute atomic E-state index is 1.08. The van der Waals surface area contributed by atoms with Crippen LogP contribution in [-0.2, 0) is 0 Å². The first-order chi connectivity index (χ1) is 31.7. The van der Waals surface area contributed by atoms with E-state index in [0.717, 1.165) is 28.3 Å². The molecule has 0 amide bonds. The summed E-state index contributed by atoms with van der Waals surface area (Å²) in [5, 5.41) is 7.42. The van der Waals surface area contributed by atoms with E-state index in [9.17, 15) is 0 Å². The molecule has 2 heteroatoms. The molecule has 300 valence electrons. The molecule has 2 nitrogen and oxygen atoms in total. The molecule has 0 radical (unpaired) electrons. The molecular formula is C62H42N2. The third kappa shape index (κ3) is 6.52. The fourth-order valence-corrected chi connectivity index (χ4v) is 9.73. The summed E-state index contributed by atoms with van der Waals surface area (Å²) in [5.41, 5.74) is 16.4. The van der Waals surface area contributed by atoms with Crippen molar-refractivity contribution in [3.05, 3.63) is 255 Å². The van der Waals surface area contributed by atoms with Crippen LogP contribution >= 0.6 is 0 Å². The zero-order valence-corrected chi connectivity index (χ0v) is 35.1. The Morgan fingerprint density at radius 1 is 0.281 bits per heavy atom. The molecule has 0 spiro atoms. The van der Waals surface area contributed by atoms with Crippen LogP contribution in [0.3, 0.4) is 0 Å². The number of para-hydroxylation sites is 2. The highest BCUT2D eigenvalue weighted by Gasteiger charge is 2.21. The van der Waals surface area contributed by atoms with Crippen LogP contribution in [0.2, 0.25) is 0 Å². The number of benzene rings is 11. The second-order valence-electron chi connectivity index (χ2n) is 16.5. The van der Waals surface area contributed by atoms with Gasteiger partial charge >= 0.3 is 0 Å². The minimum Gasteiger partial charge on any atom is -0.310 e. The van der Waals surface area contributed by atoms with E-state index < -0.39 is 0 Å². The third-order valence-corrected chi connectivity index (χ3v) is 12.7. The first-order valence-corrected chi connectivity index (χ1v) is 22.0. The Kier molecular flexibility index (Phi) is 9.20. The second kappa shape index (κ2) is 15.8. The predicted molar refractivity (Wildman–Crippen MR) is 272 cm³/mol. The topological polar surface area (TPSA) is 8.17 Å². The molecule has 12 rings (SSSR count). The molecule has 0 aliphatic heterocycles. The Morgan fingerprint density at radius 2 is 0.828 bits per heavy atom. The van der Waals surface area contributed by atoms with Gasteiger partial charge in [-0.05, 0) is 127 Å². The summed E-state index contributed by atoms with van der Waals surface area (Å²) < 4.78 is 2.45. The Morgan fingerprint density at radius 3 is 1.56 bits per heavy atom. The fourth-order valence-electron chi connectivity index (χ4n) is 9.73. The van der Waals surface area contributed by atoms with E-state index in [2.05, 4.69) is 264 Å². The second-order valence-corrected chi connectivity index (χ2v) is 16.5. The number of hydrogen-bond donors (Lipinski definition) is 0. The lowest BCUT2D eigenvalue weighted by molar-refractivity contribution is 1.19. The van der Waals surface area contributed by atoms with Gasteiger partial charge in [-0.1, -0.05) is 188 Å². The standard InChI is InChI=1S/C62H42N2/c1-3-17-45(18-4-1)55-25-11-12-26-56(55)46-34-38-53(39-35-46)63(52-36-32-44(33-37-52)48-31-30-43-16-7-8-19-47(43)40-48)54-24-15-21-49(41-54)59-42-50-20-9-10-27-57(50)62-61(59)58-28-13-14-29-60(58)64(62)51-22-5-2-6-23-51/h1-42H. The van der Waals surface area contributed by atoms with Crippen molar-refractivity contribution in [1.82, 2.24) is 4.57 Å². The normalized spacial score (nSPS) is 11.4. The van der Waals surface area contributed by atoms with Crippen molar-refractivity contribution < 1.29 is 0 Å². The van der Waals surface area contributed by atoms with Gasteiger partial charge in [0.2, 0.25) is 0 Å².